The summed E-state index contributed by atoms with van der Waals surface area (Å²) in [6.45, 7) is 1.86. The normalized spacial score (nSPS) is 22.8. The Morgan fingerprint density at radius 2 is 2.12 bits per heavy atom. The van der Waals surface area contributed by atoms with Gasteiger partial charge < -0.3 is 15.0 Å². The number of benzene rings is 1. The minimum atomic E-state index is -0.437. The summed E-state index contributed by atoms with van der Waals surface area (Å²) in [5, 5.41) is 5.63. The number of hydrogen-bond acceptors (Lipinski definition) is 5. The number of aromatic nitrogens is 1. The van der Waals surface area contributed by atoms with Crippen molar-refractivity contribution in [3.05, 3.63) is 41.4 Å². The molecular weight excluding hydrogens is 350 g/mol. The van der Waals surface area contributed by atoms with E-state index < -0.39 is 5.60 Å². The van der Waals surface area contributed by atoms with Gasteiger partial charge in [-0.25, -0.2) is 9.78 Å². The van der Waals surface area contributed by atoms with Crippen LogP contribution in [0.4, 0.5) is 4.79 Å². The zero-order valence-corrected chi connectivity index (χ0v) is 15.3. The third-order valence-electron chi connectivity index (χ3n) is 5.02. The zero-order valence-electron chi connectivity index (χ0n) is 14.4. The van der Waals surface area contributed by atoms with Gasteiger partial charge in [-0.3, -0.25) is 4.79 Å². The molecule has 3 heterocycles. The molecular formula is C19H21N3O3S. The van der Waals surface area contributed by atoms with Gasteiger partial charge >= 0.3 is 6.09 Å². The molecule has 2 aliphatic heterocycles. The highest BCUT2D eigenvalue weighted by Gasteiger charge is 2.41. The van der Waals surface area contributed by atoms with Crippen LogP contribution in [0.25, 0.3) is 10.6 Å². The average Bonchev–Trinajstić information content (AvgIpc) is 3.19. The van der Waals surface area contributed by atoms with Crippen molar-refractivity contribution in [2.45, 2.75) is 31.3 Å². The summed E-state index contributed by atoms with van der Waals surface area (Å²) in [5.41, 5.74) is 1.45. The Morgan fingerprint density at radius 1 is 1.27 bits per heavy atom. The Morgan fingerprint density at radius 3 is 2.88 bits per heavy atom. The Balaban J connectivity index is 1.38. The molecule has 1 spiro atoms. The second-order valence-electron chi connectivity index (χ2n) is 6.85. The maximum atomic E-state index is 12.7. The third kappa shape index (κ3) is 3.58. The molecule has 6 nitrogen and oxygen atoms in total. The van der Waals surface area contributed by atoms with Crippen LogP contribution in [0.15, 0.2) is 35.7 Å². The van der Waals surface area contributed by atoms with Gasteiger partial charge in [-0.05, 0) is 12.8 Å². The molecule has 0 radical (unpaired) electrons. The van der Waals surface area contributed by atoms with E-state index in [1.165, 1.54) is 0 Å². The van der Waals surface area contributed by atoms with Crippen LogP contribution in [0, 0.1) is 0 Å². The smallest absolute Gasteiger partial charge is 0.407 e. The highest BCUT2D eigenvalue weighted by atomic mass is 32.1. The molecule has 7 heteroatoms. The van der Waals surface area contributed by atoms with Gasteiger partial charge in [-0.1, -0.05) is 30.3 Å². The maximum Gasteiger partial charge on any atom is 0.407 e. The summed E-state index contributed by atoms with van der Waals surface area (Å²) in [6, 6.07) is 9.99. The van der Waals surface area contributed by atoms with Crippen molar-refractivity contribution in [1.29, 1.82) is 0 Å². The summed E-state index contributed by atoms with van der Waals surface area (Å²) < 4.78 is 5.47. The van der Waals surface area contributed by atoms with Gasteiger partial charge in [0.1, 0.15) is 10.6 Å². The SMILES string of the molecule is O=C1NC[C@]2(CCCN(C(=O)Cc3csc(-c4ccccc4)n3)CC2)O1. The van der Waals surface area contributed by atoms with Crippen molar-refractivity contribution < 1.29 is 14.3 Å². The Hall–Kier alpha value is -2.41. The van der Waals surface area contributed by atoms with E-state index in [1.54, 1.807) is 11.3 Å². The summed E-state index contributed by atoms with van der Waals surface area (Å²) in [5.74, 6) is 0.0873. The number of thiazole rings is 1. The molecule has 0 aliphatic carbocycles. The predicted octanol–water partition coefficient (Wildman–Crippen LogP) is 2.84. The lowest BCUT2D eigenvalue weighted by Gasteiger charge is -2.24. The monoisotopic (exact) mass is 371 g/mol. The molecule has 0 unspecified atom stereocenters. The quantitative estimate of drug-likeness (QED) is 0.901. The molecule has 2 amide bonds. The maximum absolute atomic E-state index is 12.7. The van der Waals surface area contributed by atoms with E-state index in [-0.39, 0.29) is 12.0 Å². The fraction of sp³-hybridized carbons (Fsp3) is 0.421. The number of carbonyl (C=O) groups excluding carboxylic acids is 2. The summed E-state index contributed by atoms with van der Waals surface area (Å²) in [4.78, 5) is 30.6. The third-order valence-corrected chi connectivity index (χ3v) is 5.96. The van der Waals surface area contributed by atoms with Crippen molar-refractivity contribution >= 4 is 23.3 Å². The number of nitrogens with zero attached hydrogens (tertiary/aromatic N) is 2. The first kappa shape index (κ1) is 17.0. The molecule has 2 aliphatic rings. The van der Waals surface area contributed by atoms with Crippen LogP contribution in [0.5, 0.6) is 0 Å². The van der Waals surface area contributed by atoms with Gasteiger partial charge in [0.15, 0.2) is 0 Å². The number of carbonyl (C=O) groups is 2. The molecule has 4 rings (SSSR count). The lowest BCUT2D eigenvalue weighted by atomic mass is 9.95. The lowest BCUT2D eigenvalue weighted by molar-refractivity contribution is -0.130. The largest absolute Gasteiger partial charge is 0.441 e. The molecule has 0 saturated carbocycles. The highest BCUT2D eigenvalue weighted by molar-refractivity contribution is 7.13. The lowest BCUT2D eigenvalue weighted by Crippen LogP contribution is -2.37. The van der Waals surface area contributed by atoms with E-state index in [4.69, 9.17) is 4.74 Å². The summed E-state index contributed by atoms with van der Waals surface area (Å²) >= 11 is 1.56. The van der Waals surface area contributed by atoms with Crippen LogP contribution >= 0.6 is 11.3 Å². The molecule has 1 aromatic heterocycles. The minimum absolute atomic E-state index is 0.0873. The molecule has 2 aromatic rings. The van der Waals surface area contributed by atoms with Gasteiger partial charge in [0.05, 0.1) is 18.7 Å². The first-order valence-corrected chi connectivity index (χ1v) is 9.76. The molecule has 2 fully saturated rings. The van der Waals surface area contributed by atoms with E-state index >= 15 is 0 Å². The van der Waals surface area contributed by atoms with Gasteiger partial charge in [-0.2, -0.15) is 0 Å². The van der Waals surface area contributed by atoms with Crippen molar-refractivity contribution in [2.24, 2.45) is 0 Å². The van der Waals surface area contributed by atoms with Gasteiger partial charge in [-0.15, -0.1) is 11.3 Å². The number of amides is 2. The van der Waals surface area contributed by atoms with E-state index in [0.717, 1.165) is 29.1 Å². The molecule has 1 N–H and O–H groups in total. The second kappa shape index (κ2) is 7.07. The zero-order chi connectivity index (χ0) is 18.0. The van der Waals surface area contributed by atoms with E-state index in [1.807, 2.05) is 40.6 Å². The van der Waals surface area contributed by atoms with Crippen LogP contribution in [0.1, 0.15) is 25.0 Å². The number of rotatable bonds is 3. The first-order valence-electron chi connectivity index (χ1n) is 8.88. The van der Waals surface area contributed by atoms with Crippen LogP contribution in [-0.4, -0.2) is 47.1 Å². The number of hydrogen-bond donors (Lipinski definition) is 1. The highest BCUT2D eigenvalue weighted by Crippen LogP contribution is 2.30. The molecule has 1 atom stereocenters. The van der Waals surface area contributed by atoms with Crippen molar-refractivity contribution in [1.82, 2.24) is 15.2 Å². The van der Waals surface area contributed by atoms with Crippen molar-refractivity contribution in [3.63, 3.8) is 0 Å². The fourth-order valence-electron chi connectivity index (χ4n) is 3.57. The molecule has 1 aromatic carbocycles. The van der Waals surface area contributed by atoms with E-state index in [9.17, 15) is 9.59 Å². The van der Waals surface area contributed by atoms with Crippen LogP contribution in [-0.2, 0) is 16.0 Å². The number of ether oxygens (including phenoxy) is 1. The first-order chi connectivity index (χ1) is 12.6. The van der Waals surface area contributed by atoms with Crippen LogP contribution in [0.3, 0.4) is 0 Å². The Labute approximate surface area is 156 Å². The predicted molar refractivity (Wildman–Crippen MR) is 98.9 cm³/mol. The number of alkyl carbamates (subject to hydrolysis) is 1. The molecule has 26 heavy (non-hydrogen) atoms. The van der Waals surface area contributed by atoms with Gasteiger partial charge in [0.25, 0.3) is 0 Å². The molecule has 136 valence electrons. The fourth-order valence-corrected chi connectivity index (χ4v) is 4.39. The van der Waals surface area contributed by atoms with Crippen LogP contribution < -0.4 is 5.32 Å². The standard InChI is InChI=1S/C19H21N3O3S/c23-16(11-15-12-26-17(21-15)14-5-2-1-3-6-14)22-9-4-7-19(8-10-22)13-20-18(24)25-19/h1-3,5-6,12H,4,7-11,13H2,(H,20,24)/t19-/m1/s1. The topological polar surface area (TPSA) is 71.5 Å². The average molecular weight is 371 g/mol. The van der Waals surface area contributed by atoms with Crippen molar-refractivity contribution in [3.8, 4) is 10.6 Å². The Kier molecular flexibility index (Phi) is 4.63. The number of likely N-dealkylation sites (tertiary alicyclic amines) is 1. The van der Waals surface area contributed by atoms with Crippen molar-refractivity contribution in [2.75, 3.05) is 19.6 Å². The second-order valence-corrected chi connectivity index (χ2v) is 7.71. The van der Waals surface area contributed by atoms with Gasteiger partial charge in [0, 0.05) is 30.5 Å². The molecule has 0 bridgehead atoms. The van der Waals surface area contributed by atoms with E-state index in [2.05, 4.69) is 10.3 Å². The van der Waals surface area contributed by atoms with E-state index in [0.29, 0.717) is 32.5 Å². The summed E-state index contributed by atoms with van der Waals surface area (Å²) in [7, 11) is 0. The number of nitrogens with one attached hydrogen (secondary N) is 1. The summed E-state index contributed by atoms with van der Waals surface area (Å²) in [6.07, 6.45) is 2.29. The minimum Gasteiger partial charge on any atom is -0.441 e. The Bertz CT molecular complexity index is 807. The molecule has 2 saturated heterocycles. The van der Waals surface area contributed by atoms with Gasteiger partial charge in [0.2, 0.25) is 5.91 Å². The van der Waals surface area contributed by atoms with Crippen LogP contribution in [0.2, 0.25) is 0 Å².